The Morgan fingerprint density at radius 3 is 2.36 bits per heavy atom. The SMILES string of the molecule is COc1ccc(-c2ccc(C=O)c(=O)n2C(C)C)c(OC)c1. The van der Waals surface area contributed by atoms with Crippen LogP contribution in [0.25, 0.3) is 11.3 Å². The third kappa shape index (κ3) is 2.74. The van der Waals surface area contributed by atoms with Crippen LogP contribution in [0.2, 0.25) is 0 Å². The van der Waals surface area contributed by atoms with Crippen LogP contribution in [0.15, 0.2) is 35.1 Å². The van der Waals surface area contributed by atoms with Crippen molar-refractivity contribution in [1.82, 2.24) is 4.57 Å². The second-order valence-corrected chi connectivity index (χ2v) is 5.13. The van der Waals surface area contributed by atoms with Gasteiger partial charge in [0.1, 0.15) is 11.5 Å². The summed E-state index contributed by atoms with van der Waals surface area (Å²) in [5, 5.41) is 0. The van der Waals surface area contributed by atoms with E-state index in [0.717, 1.165) is 5.56 Å². The van der Waals surface area contributed by atoms with E-state index < -0.39 is 0 Å². The number of carbonyl (C=O) groups is 1. The van der Waals surface area contributed by atoms with Crippen molar-refractivity contribution in [2.24, 2.45) is 0 Å². The van der Waals surface area contributed by atoms with Crippen molar-refractivity contribution in [3.63, 3.8) is 0 Å². The van der Waals surface area contributed by atoms with Gasteiger partial charge in [-0.3, -0.25) is 9.59 Å². The van der Waals surface area contributed by atoms with Gasteiger partial charge in [-0.05, 0) is 38.1 Å². The molecule has 0 saturated heterocycles. The highest BCUT2D eigenvalue weighted by Crippen LogP contribution is 2.33. The molecule has 0 amide bonds. The lowest BCUT2D eigenvalue weighted by Crippen LogP contribution is -2.26. The zero-order valence-electron chi connectivity index (χ0n) is 13.1. The highest BCUT2D eigenvalue weighted by Gasteiger charge is 2.16. The van der Waals surface area contributed by atoms with Crippen LogP contribution in [0.1, 0.15) is 30.2 Å². The van der Waals surface area contributed by atoms with E-state index in [2.05, 4.69) is 0 Å². The van der Waals surface area contributed by atoms with E-state index in [1.807, 2.05) is 19.9 Å². The van der Waals surface area contributed by atoms with Crippen LogP contribution >= 0.6 is 0 Å². The standard InChI is InChI=1S/C17H19NO4/c1-11(2)18-15(8-5-12(10-19)17(18)20)14-7-6-13(21-3)9-16(14)22-4/h5-11H,1-4H3. The Hall–Kier alpha value is -2.56. The summed E-state index contributed by atoms with van der Waals surface area (Å²) >= 11 is 0. The molecule has 2 aromatic rings. The van der Waals surface area contributed by atoms with Crippen LogP contribution in [-0.4, -0.2) is 25.1 Å². The summed E-state index contributed by atoms with van der Waals surface area (Å²) in [6.07, 6.45) is 0.580. The Labute approximate surface area is 129 Å². The van der Waals surface area contributed by atoms with Crippen molar-refractivity contribution in [3.05, 3.63) is 46.2 Å². The minimum atomic E-state index is -0.305. The van der Waals surface area contributed by atoms with Crippen LogP contribution in [0.4, 0.5) is 0 Å². The first-order chi connectivity index (χ1) is 10.5. The first-order valence-electron chi connectivity index (χ1n) is 6.96. The molecule has 0 spiro atoms. The number of aromatic nitrogens is 1. The zero-order chi connectivity index (χ0) is 16.3. The molecule has 2 rings (SSSR count). The van der Waals surface area contributed by atoms with E-state index in [9.17, 15) is 9.59 Å². The number of aldehydes is 1. The smallest absolute Gasteiger partial charge is 0.261 e. The summed E-state index contributed by atoms with van der Waals surface area (Å²) in [5.41, 5.74) is 1.31. The number of hydrogen-bond donors (Lipinski definition) is 0. The Morgan fingerprint density at radius 2 is 1.82 bits per heavy atom. The summed E-state index contributed by atoms with van der Waals surface area (Å²) in [7, 11) is 3.15. The second-order valence-electron chi connectivity index (χ2n) is 5.13. The van der Waals surface area contributed by atoms with Crippen LogP contribution in [-0.2, 0) is 0 Å². The zero-order valence-corrected chi connectivity index (χ0v) is 13.1. The number of benzene rings is 1. The number of hydrogen-bond acceptors (Lipinski definition) is 4. The molecule has 0 saturated carbocycles. The van der Waals surface area contributed by atoms with Crippen LogP contribution in [0.3, 0.4) is 0 Å². The third-order valence-electron chi connectivity index (χ3n) is 3.47. The fourth-order valence-corrected chi connectivity index (χ4v) is 2.40. The maximum absolute atomic E-state index is 12.4. The number of methoxy groups -OCH3 is 2. The lowest BCUT2D eigenvalue weighted by Gasteiger charge is -2.19. The fraction of sp³-hybridized carbons (Fsp3) is 0.294. The lowest BCUT2D eigenvalue weighted by molar-refractivity contribution is 0.112. The molecule has 0 radical (unpaired) electrons. The van der Waals surface area contributed by atoms with Gasteiger partial charge in [0.05, 0.1) is 25.5 Å². The second kappa shape index (κ2) is 6.47. The average molecular weight is 301 g/mol. The Balaban J connectivity index is 2.75. The van der Waals surface area contributed by atoms with Gasteiger partial charge in [0, 0.05) is 17.7 Å². The minimum absolute atomic E-state index is 0.0887. The maximum Gasteiger partial charge on any atom is 0.261 e. The van der Waals surface area contributed by atoms with Gasteiger partial charge in [-0.25, -0.2) is 0 Å². The molecule has 5 heteroatoms. The molecule has 0 aliphatic heterocycles. The number of nitrogens with zero attached hydrogens (tertiary/aromatic N) is 1. The van der Waals surface area contributed by atoms with Gasteiger partial charge in [0.25, 0.3) is 5.56 Å². The van der Waals surface area contributed by atoms with Crippen LogP contribution in [0, 0.1) is 0 Å². The molecule has 5 nitrogen and oxygen atoms in total. The first kappa shape index (κ1) is 15.8. The molecule has 1 aromatic heterocycles. The molecular formula is C17H19NO4. The highest BCUT2D eigenvalue weighted by molar-refractivity contribution is 5.76. The largest absolute Gasteiger partial charge is 0.497 e. The quantitative estimate of drug-likeness (QED) is 0.797. The summed E-state index contributed by atoms with van der Waals surface area (Å²) < 4.78 is 12.2. The van der Waals surface area contributed by atoms with Crippen molar-refractivity contribution in [2.75, 3.05) is 14.2 Å². The molecule has 1 heterocycles. The Bertz CT molecular complexity index is 747. The van der Waals surface area contributed by atoms with Gasteiger partial charge in [-0.2, -0.15) is 0 Å². The molecule has 1 aromatic carbocycles. The van der Waals surface area contributed by atoms with Crippen LogP contribution in [0.5, 0.6) is 11.5 Å². The predicted molar refractivity (Wildman–Crippen MR) is 85.0 cm³/mol. The summed E-state index contributed by atoms with van der Waals surface area (Å²) in [6.45, 7) is 3.80. The molecular weight excluding hydrogens is 282 g/mol. The van der Waals surface area contributed by atoms with Gasteiger partial charge in [0.2, 0.25) is 0 Å². The summed E-state index contributed by atoms with van der Waals surface area (Å²) in [5.74, 6) is 1.27. The monoisotopic (exact) mass is 301 g/mol. The van der Waals surface area contributed by atoms with Crippen molar-refractivity contribution >= 4 is 6.29 Å². The van der Waals surface area contributed by atoms with Crippen molar-refractivity contribution in [2.45, 2.75) is 19.9 Å². The molecule has 0 aliphatic carbocycles. The third-order valence-corrected chi connectivity index (χ3v) is 3.47. The number of pyridine rings is 1. The fourth-order valence-electron chi connectivity index (χ4n) is 2.40. The van der Waals surface area contributed by atoms with Gasteiger partial charge in [-0.1, -0.05) is 0 Å². The molecule has 0 fully saturated rings. The van der Waals surface area contributed by atoms with Crippen LogP contribution < -0.4 is 15.0 Å². The lowest BCUT2D eigenvalue weighted by atomic mass is 10.1. The van der Waals surface area contributed by atoms with Crippen molar-refractivity contribution in [1.29, 1.82) is 0 Å². The molecule has 0 bridgehead atoms. The number of rotatable bonds is 5. The van der Waals surface area contributed by atoms with Crippen molar-refractivity contribution < 1.29 is 14.3 Å². The number of carbonyl (C=O) groups excluding carboxylic acids is 1. The molecule has 0 atom stereocenters. The molecule has 0 unspecified atom stereocenters. The highest BCUT2D eigenvalue weighted by atomic mass is 16.5. The van der Waals surface area contributed by atoms with E-state index in [-0.39, 0.29) is 17.2 Å². The van der Waals surface area contributed by atoms with Gasteiger partial charge in [-0.15, -0.1) is 0 Å². The van der Waals surface area contributed by atoms with Gasteiger partial charge < -0.3 is 14.0 Å². The van der Waals surface area contributed by atoms with E-state index in [0.29, 0.717) is 23.5 Å². The Kier molecular flexibility index (Phi) is 4.65. The number of ether oxygens (including phenoxy) is 2. The molecule has 0 aliphatic rings. The normalized spacial score (nSPS) is 10.6. The van der Waals surface area contributed by atoms with Gasteiger partial charge >= 0.3 is 0 Å². The average Bonchev–Trinajstić information content (AvgIpc) is 2.53. The first-order valence-corrected chi connectivity index (χ1v) is 6.96. The summed E-state index contributed by atoms with van der Waals surface area (Å²) in [6, 6.07) is 8.61. The predicted octanol–water partition coefficient (Wildman–Crippen LogP) is 2.93. The summed E-state index contributed by atoms with van der Waals surface area (Å²) in [4.78, 5) is 23.4. The van der Waals surface area contributed by atoms with E-state index in [1.54, 1.807) is 37.0 Å². The molecule has 116 valence electrons. The van der Waals surface area contributed by atoms with E-state index in [1.165, 1.54) is 6.07 Å². The van der Waals surface area contributed by atoms with E-state index in [4.69, 9.17) is 9.47 Å². The topological polar surface area (TPSA) is 57.5 Å². The molecule has 0 N–H and O–H groups in total. The minimum Gasteiger partial charge on any atom is -0.497 e. The van der Waals surface area contributed by atoms with Gasteiger partial charge in [0.15, 0.2) is 6.29 Å². The van der Waals surface area contributed by atoms with E-state index >= 15 is 0 Å². The maximum atomic E-state index is 12.4. The Morgan fingerprint density at radius 1 is 1.09 bits per heavy atom. The van der Waals surface area contributed by atoms with Crippen molar-refractivity contribution in [3.8, 4) is 22.8 Å². The molecule has 22 heavy (non-hydrogen) atoms.